The van der Waals surface area contributed by atoms with E-state index in [4.69, 9.17) is 11.6 Å². The molecule has 1 aromatic rings. The standard InChI is InChI=1S/C18H24ClNO2/c19-15-5-3-4-14(12-15)13-18(8-1-2-9-18)17(22)20-10-6-16(21)7-11-20/h3-5,12,16,21H,1-2,6-11,13H2. The minimum absolute atomic E-state index is 0.239. The van der Waals surface area contributed by atoms with Crippen molar-refractivity contribution in [3.05, 3.63) is 34.9 Å². The van der Waals surface area contributed by atoms with Crippen molar-refractivity contribution in [3.63, 3.8) is 0 Å². The SMILES string of the molecule is O=C(N1CCC(O)CC1)C1(Cc2cccc(Cl)c2)CCCC1. The Kier molecular flexibility index (Phi) is 4.74. The molecule has 0 atom stereocenters. The molecule has 2 aliphatic rings. The van der Waals surface area contributed by atoms with Crippen LogP contribution in [0.5, 0.6) is 0 Å². The van der Waals surface area contributed by atoms with Crippen LogP contribution in [0.25, 0.3) is 0 Å². The van der Waals surface area contributed by atoms with Gasteiger partial charge in [0.05, 0.1) is 11.5 Å². The first-order valence-corrected chi connectivity index (χ1v) is 8.69. The molecule has 1 saturated carbocycles. The number of amides is 1. The Labute approximate surface area is 137 Å². The number of piperidine rings is 1. The summed E-state index contributed by atoms with van der Waals surface area (Å²) >= 11 is 6.10. The van der Waals surface area contributed by atoms with Crippen LogP contribution in [0.1, 0.15) is 44.1 Å². The highest BCUT2D eigenvalue weighted by atomic mass is 35.5. The van der Waals surface area contributed by atoms with Crippen molar-refractivity contribution in [2.75, 3.05) is 13.1 Å². The quantitative estimate of drug-likeness (QED) is 0.926. The Balaban J connectivity index is 1.77. The number of benzene rings is 1. The molecule has 1 amide bonds. The Morgan fingerprint density at radius 1 is 1.27 bits per heavy atom. The molecule has 22 heavy (non-hydrogen) atoms. The van der Waals surface area contributed by atoms with Crippen LogP contribution in [0.3, 0.4) is 0 Å². The maximum absolute atomic E-state index is 13.1. The fourth-order valence-corrected chi connectivity index (χ4v) is 4.17. The first-order valence-electron chi connectivity index (χ1n) is 8.31. The molecule has 1 saturated heterocycles. The average Bonchev–Trinajstić information content (AvgIpc) is 2.97. The van der Waals surface area contributed by atoms with Gasteiger partial charge in [-0.15, -0.1) is 0 Å². The molecule has 4 heteroatoms. The van der Waals surface area contributed by atoms with E-state index < -0.39 is 0 Å². The summed E-state index contributed by atoms with van der Waals surface area (Å²) in [6.45, 7) is 1.38. The Morgan fingerprint density at radius 2 is 1.95 bits per heavy atom. The molecule has 0 bridgehead atoms. The predicted octanol–water partition coefficient (Wildman–Crippen LogP) is 3.43. The first kappa shape index (κ1) is 15.8. The van der Waals surface area contributed by atoms with E-state index >= 15 is 0 Å². The molecular weight excluding hydrogens is 298 g/mol. The topological polar surface area (TPSA) is 40.5 Å². The van der Waals surface area contributed by atoms with Gasteiger partial charge in [-0.1, -0.05) is 36.6 Å². The number of carbonyl (C=O) groups excluding carboxylic acids is 1. The zero-order valence-electron chi connectivity index (χ0n) is 12.9. The molecule has 2 fully saturated rings. The van der Waals surface area contributed by atoms with Crippen molar-refractivity contribution >= 4 is 17.5 Å². The molecule has 1 aromatic carbocycles. The Bertz CT molecular complexity index is 532. The van der Waals surface area contributed by atoms with Crippen molar-refractivity contribution in [1.29, 1.82) is 0 Å². The third-order valence-electron chi connectivity index (χ3n) is 5.20. The molecule has 1 aliphatic heterocycles. The average molecular weight is 322 g/mol. The van der Waals surface area contributed by atoms with E-state index in [1.54, 1.807) is 0 Å². The third-order valence-corrected chi connectivity index (χ3v) is 5.43. The number of rotatable bonds is 3. The molecule has 3 nitrogen and oxygen atoms in total. The van der Waals surface area contributed by atoms with E-state index in [0.717, 1.165) is 42.7 Å². The smallest absolute Gasteiger partial charge is 0.229 e. The van der Waals surface area contributed by atoms with E-state index in [0.29, 0.717) is 25.9 Å². The van der Waals surface area contributed by atoms with Crippen molar-refractivity contribution in [2.24, 2.45) is 5.41 Å². The number of hydrogen-bond donors (Lipinski definition) is 1. The summed E-state index contributed by atoms with van der Waals surface area (Å²) in [6.07, 6.45) is 6.15. The summed E-state index contributed by atoms with van der Waals surface area (Å²) in [5.41, 5.74) is 0.896. The lowest BCUT2D eigenvalue weighted by molar-refractivity contribution is -0.144. The van der Waals surface area contributed by atoms with E-state index in [1.165, 1.54) is 0 Å². The van der Waals surface area contributed by atoms with Crippen molar-refractivity contribution in [1.82, 2.24) is 4.90 Å². The number of carbonyl (C=O) groups is 1. The summed E-state index contributed by atoms with van der Waals surface area (Å²) in [5, 5.41) is 10.4. The van der Waals surface area contributed by atoms with Gasteiger partial charge in [0, 0.05) is 18.1 Å². The Hall–Kier alpha value is -1.06. The monoisotopic (exact) mass is 321 g/mol. The van der Waals surface area contributed by atoms with Gasteiger partial charge in [-0.3, -0.25) is 4.79 Å². The van der Waals surface area contributed by atoms with Gasteiger partial charge in [0.1, 0.15) is 0 Å². The fourth-order valence-electron chi connectivity index (χ4n) is 3.96. The van der Waals surface area contributed by atoms with Gasteiger partial charge in [0.15, 0.2) is 0 Å². The first-order chi connectivity index (χ1) is 10.6. The molecule has 1 N–H and O–H groups in total. The van der Waals surface area contributed by atoms with Crippen LogP contribution >= 0.6 is 11.6 Å². The van der Waals surface area contributed by atoms with E-state index in [-0.39, 0.29) is 17.4 Å². The van der Waals surface area contributed by atoms with Gasteiger partial charge in [-0.05, 0) is 49.8 Å². The van der Waals surface area contributed by atoms with Crippen LogP contribution in [0, 0.1) is 5.41 Å². The van der Waals surface area contributed by atoms with Crippen LogP contribution in [0.2, 0.25) is 5.02 Å². The Morgan fingerprint density at radius 3 is 2.59 bits per heavy atom. The summed E-state index contributed by atoms with van der Waals surface area (Å²) in [6, 6.07) is 7.89. The van der Waals surface area contributed by atoms with Gasteiger partial charge in [-0.2, -0.15) is 0 Å². The predicted molar refractivity (Wildman–Crippen MR) is 87.9 cm³/mol. The highest BCUT2D eigenvalue weighted by Crippen LogP contribution is 2.43. The maximum Gasteiger partial charge on any atom is 0.229 e. The second kappa shape index (κ2) is 6.59. The van der Waals surface area contributed by atoms with E-state index in [9.17, 15) is 9.90 Å². The van der Waals surface area contributed by atoms with Gasteiger partial charge in [0.2, 0.25) is 5.91 Å². The lowest BCUT2D eigenvalue weighted by Crippen LogP contribution is -2.48. The maximum atomic E-state index is 13.1. The second-order valence-electron chi connectivity index (χ2n) is 6.82. The highest BCUT2D eigenvalue weighted by molar-refractivity contribution is 6.30. The second-order valence-corrected chi connectivity index (χ2v) is 7.25. The summed E-state index contributed by atoms with van der Waals surface area (Å²) < 4.78 is 0. The number of nitrogens with zero attached hydrogens (tertiary/aromatic N) is 1. The van der Waals surface area contributed by atoms with Gasteiger partial charge >= 0.3 is 0 Å². The van der Waals surface area contributed by atoms with Gasteiger partial charge in [0.25, 0.3) is 0 Å². The van der Waals surface area contributed by atoms with E-state index in [2.05, 4.69) is 6.07 Å². The number of aliphatic hydroxyl groups is 1. The number of hydrogen-bond acceptors (Lipinski definition) is 2. The van der Waals surface area contributed by atoms with Crippen LogP contribution in [0.15, 0.2) is 24.3 Å². The molecule has 120 valence electrons. The van der Waals surface area contributed by atoms with Crippen LogP contribution in [-0.2, 0) is 11.2 Å². The summed E-state index contributed by atoms with van der Waals surface area (Å²) in [7, 11) is 0. The molecule has 0 radical (unpaired) electrons. The van der Waals surface area contributed by atoms with Crippen LogP contribution < -0.4 is 0 Å². The van der Waals surface area contributed by atoms with E-state index in [1.807, 2.05) is 23.1 Å². The molecule has 0 unspecified atom stereocenters. The van der Waals surface area contributed by atoms with Crippen molar-refractivity contribution in [3.8, 4) is 0 Å². The highest BCUT2D eigenvalue weighted by Gasteiger charge is 2.43. The van der Waals surface area contributed by atoms with Crippen LogP contribution in [-0.4, -0.2) is 35.1 Å². The number of likely N-dealkylation sites (tertiary alicyclic amines) is 1. The summed E-state index contributed by atoms with van der Waals surface area (Å²) in [5.74, 6) is 0.289. The molecule has 0 spiro atoms. The van der Waals surface area contributed by atoms with Crippen molar-refractivity contribution < 1.29 is 9.90 Å². The molecular formula is C18H24ClNO2. The van der Waals surface area contributed by atoms with Gasteiger partial charge < -0.3 is 10.0 Å². The number of halogens is 1. The molecule has 3 rings (SSSR count). The number of aliphatic hydroxyl groups excluding tert-OH is 1. The molecule has 1 heterocycles. The van der Waals surface area contributed by atoms with Crippen LogP contribution in [0.4, 0.5) is 0 Å². The molecule has 1 aliphatic carbocycles. The minimum Gasteiger partial charge on any atom is -0.393 e. The minimum atomic E-state index is -0.257. The fraction of sp³-hybridized carbons (Fsp3) is 0.611. The normalized spacial score (nSPS) is 22.0. The van der Waals surface area contributed by atoms with Crippen molar-refractivity contribution in [2.45, 2.75) is 51.0 Å². The largest absolute Gasteiger partial charge is 0.393 e. The lowest BCUT2D eigenvalue weighted by Gasteiger charge is -2.37. The third kappa shape index (κ3) is 3.31. The molecule has 0 aromatic heterocycles. The zero-order chi connectivity index (χ0) is 15.6. The lowest BCUT2D eigenvalue weighted by atomic mass is 9.78. The van der Waals surface area contributed by atoms with Gasteiger partial charge in [-0.25, -0.2) is 0 Å². The summed E-state index contributed by atoms with van der Waals surface area (Å²) in [4.78, 5) is 15.1. The zero-order valence-corrected chi connectivity index (χ0v) is 13.7.